The summed E-state index contributed by atoms with van der Waals surface area (Å²) in [7, 11) is 0. The van der Waals surface area contributed by atoms with Crippen molar-refractivity contribution < 1.29 is 23.8 Å². The van der Waals surface area contributed by atoms with E-state index in [0.717, 1.165) is 6.07 Å². The molecule has 0 aliphatic heterocycles. The molecule has 1 aromatic rings. The summed E-state index contributed by atoms with van der Waals surface area (Å²) in [6.45, 7) is 2.98. The quantitative estimate of drug-likeness (QED) is 0.802. The van der Waals surface area contributed by atoms with E-state index < -0.39 is 17.9 Å². The standard InChI is InChI=1S/C12H13FO4/c1-3-10(14)8-4-5-11(9(13)6-8)17-7(2)12(15)16/h4-7H,3H2,1-2H3,(H,15,16). The fourth-order valence-corrected chi connectivity index (χ4v) is 1.21. The zero-order valence-electron chi connectivity index (χ0n) is 9.57. The fourth-order valence-electron chi connectivity index (χ4n) is 1.21. The molecule has 0 aliphatic carbocycles. The lowest BCUT2D eigenvalue weighted by Crippen LogP contribution is -2.23. The van der Waals surface area contributed by atoms with Gasteiger partial charge in [0, 0.05) is 12.0 Å². The molecule has 17 heavy (non-hydrogen) atoms. The van der Waals surface area contributed by atoms with Gasteiger partial charge in [-0.3, -0.25) is 4.79 Å². The third-order valence-electron chi connectivity index (χ3n) is 2.23. The summed E-state index contributed by atoms with van der Waals surface area (Å²) in [4.78, 5) is 21.8. The highest BCUT2D eigenvalue weighted by Gasteiger charge is 2.16. The van der Waals surface area contributed by atoms with Crippen LogP contribution in [0.2, 0.25) is 0 Å². The van der Waals surface area contributed by atoms with E-state index >= 15 is 0 Å². The summed E-state index contributed by atoms with van der Waals surface area (Å²) in [5.74, 6) is -2.27. The van der Waals surface area contributed by atoms with Crippen molar-refractivity contribution in [1.29, 1.82) is 0 Å². The highest BCUT2D eigenvalue weighted by atomic mass is 19.1. The molecular formula is C12H13FO4. The average molecular weight is 240 g/mol. The van der Waals surface area contributed by atoms with Gasteiger partial charge >= 0.3 is 5.97 Å². The van der Waals surface area contributed by atoms with Gasteiger partial charge < -0.3 is 9.84 Å². The van der Waals surface area contributed by atoms with Crippen molar-refractivity contribution in [2.24, 2.45) is 0 Å². The lowest BCUT2D eigenvalue weighted by molar-refractivity contribution is -0.144. The number of ketones is 1. The van der Waals surface area contributed by atoms with Crippen molar-refractivity contribution in [1.82, 2.24) is 0 Å². The predicted octanol–water partition coefficient (Wildman–Crippen LogP) is 2.27. The van der Waals surface area contributed by atoms with E-state index in [4.69, 9.17) is 9.84 Å². The number of hydrogen-bond acceptors (Lipinski definition) is 3. The Balaban J connectivity index is 2.90. The molecule has 92 valence electrons. The van der Waals surface area contributed by atoms with Gasteiger partial charge in [-0.25, -0.2) is 9.18 Å². The second-order valence-corrected chi connectivity index (χ2v) is 3.52. The molecule has 5 heteroatoms. The van der Waals surface area contributed by atoms with E-state index in [0.29, 0.717) is 0 Å². The Morgan fingerprint density at radius 1 is 1.47 bits per heavy atom. The Hall–Kier alpha value is -1.91. The van der Waals surface area contributed by atoms with Crippen LogP contribution in [0.5, 0.6) is 5.75 Å². The average Bonchev–Trinajstić information content (AvgIpc) is 2.30. The van der Waals surface area contributed by atoms with Gasteiger partial charge in [0.15, 0.2) is 23.5 Å². The zero-order chi connectivity index (χ0) is 13.0. The van der Waals surface area contributed by atoms with Crippen LogP contribution in [0.4, 0.5) is 4.39 Å². The molecule has 0 spiro atoms. The van der Waals surface area contributed by atoms with E-state index in [2.05, 4.69) is 0 Å². The molecule has 4 nitrogen and oxygen atoms in total. The minimum atomic E-state index is -1.18. The van der Waals surface area contributed by atoms with Gasteiger partial charge in [0.25, 0.3) is 0 Å². The Kier molecular flexibility index (Phi) is 4.20. The van der Waals surface area contributed by atoms with Crippen molar-refractivity contribution in [3.8, 4) is 5.75 Å². The predicted molar refractivity (Wildman–Crippen MR) is 58.7 cm³/mol. The third-order valence-corrected chi connectivity index (χ3v) is 2.23. The lowest BCUT2D eigenvalue weighted by atomic mass is 10.1. The first-order chi connectivity index (χ1) is 7.95. The fraction of sp³-hybridized carbons (Fsp3) is 0.333. The number of Topliss-reactive ketones (excluding diaryl/α,β-unsaturated/α-hetero) is 1. The van der Waals surface area contributed by atoms with Crippen LogP contribution >= 0.6 is 0 Å². The molecule has 0 bridgehead atoms. The van der Waals surface area contributed by atoms with Crippen molar-refractivity contribution in [2.45, 2.75) is 26.4 Å². The van der Waals surface area contributed by atoms with Gasteiger partial charge in [-0.1, -0.05) is 6.92 Å². The van der Waals surface area contributed by atoms with Gasteiger partial charge in [-0.2, -0.15) is 0 Å². The minimum absolute atomic E-state index is 0.174. The van der Waals surface area contributed by atoms with Crippen molar-refractivity contribution >= 4 is 11.8 Å². The lowest BCUT2D eigenvalue weighted by Gasteiger charge is -2.11. The molecule has 0 heterocycles. The first-order valence-electron chi connectivity index (χ1n) is 5.18. The van der Waals surface area contributed by atoms with E-state index in [1.54, 1.807) is 6.92 Å². The molecule has 0 radical (unpaired) electrons. The topological polar surface area (TPSA) is 63.6 Å². The number of carbonyl (C=O) groups is 2. The Bertz CT molecular complexity index is 442. The number of ether oxygens (including phenoxy) is 1. The van der Waals surface area contributed by atoms with E-state index in [1.807, 2.05) is 0 Å². The number of benzene rings is 1. The van der Waals surface area contributed by atoms with Crippen LogP contribution in [-0.4, -0.2) is 23.0 Å². The van der Waals surface area contributed by atoms with Crippen molar-refractivity contribution in [2.75, 3.05) is 0 Å². The first kappa shape index (κ1) is 13.2. The molecule has 0 fully saturated rings. The van der Waals surface area contributed by atoms with Gasteiger partial charge in [0.2, 0.25) is 0 Å². The van der Waals surface area contributed by atoms with Crippen LogP contribution in [0.15, 0.2) is 18.2 Å². The van der Waals surface area contributed by atoms with Crippen molar-refractivity contribution in [3.63, 3.8) is 0 Å². The van der Waals surface area contributed by atoms with E-state index in [9.17, 15) is 14.0 Å². The molecule has 1 rings (SSSR count). The largest absolute Gasteiger partial charge is 0.479 e. The highest BCUT2D eigenvalue weighted by Crippen LogP contribution is 2.20. The molecular weight excluding hydrogens is 227 g/mol. The van der Waals surface area contributed by atoms with Gasteiger partial charge in [-0.15, -0.1) is 0 Å². The summed E-state index contributed by atoms with van der Waals surface area (Å²) in [5.41, 5.74) is 0.250. The first-order valence-corrected chi connectivity index (χ1v) is 5.18. The molecule has 0 amide bonds. The summed E-state index contributed by atoms with van der Waals surface area (Å²) >= 11 is 0. The van der Waals surface area contributed by atoms with E-state index in [1.165, 1.54) is 19.1 Å². The molecule has 1 N–H and O–H groups in total. The number of halogens is 1. The van der Waals surface area contributed by atoms with Crippen LogP contribution in [0.1, 0.15) is 30.6 Å². The number of carbonyl (C=O) groups excluding carboxylic acids is 1. The molecule has 0 aromatic heterocycles. The Morgan fingerprint density at radius 3 is 2.59 bits per heavy atom. The van der Waals surface area contributed by atoms with Crippen LogP contribution in [-0.2, 0) is 4.79 Å². The third kappa shape index (κ3) is 3.27. The van der Waals surface area contributed by atoms with Crippen LogP contribution in [0.3, 0.4) is 0 Å². The molecule has 0 saturated carbocycles. The Morgan fingerprint density at radius 2 is 2.12 bits per heavy atom. The van der Waals surface area contributed by atoms with Crippen LogP contribution in [0.25, 0.3) is 0 Å². The minimum Gasteiger partial charge on any atom is -0.479 e. The maximum absolute atomic E-state index is 13.5. The zero-order valence-corrected chi connectivity index (χ0v) is 9.57. The molecule has 0 saturated heterocycles. The smallest absolute Gasteiger partial charge is 0.344 e. The summed E-state index contributed by atoms with van der Waals surface area (Å²) in [5, 5.41) is 8.61. The second kappa shape index (κ2) is 5.43. The normalized spacial score (nSPS) is 11.9. The van der Waals surface area contributed by atoms with Crippen LogP contribution < -0.4 is 4.74 Å². The number of rotatable bonds is 5. The number of carboxylic acids is 1. The molecule has 1 aromatic carbocycles. The van der Waals surface area contributed by atoms with E-state index in [-0.39, 0.29) is 23.5 Å². The number of aliphatic carboxylic acids is 1. The van der Waals surface area contributed by atoms with Crippen LogP contribution in [0, 0.1) is 5.82 Å². The molecule has 0 aliphatic rings. The maximum atomic E-state index is 13.5. The van der Waals surface area contributed by atoms with Gasteiger partial charge in [0.05, 0.1) is 0 Å². The highest BCUT2D eigenvalue weighted by molar-refractivity contribution is 5.95. The molecule has 1 atom stereocenters. The monoisotopic (exact) mass is 240 g/mol. The number of hydrogen-bond donors (Lipinski definition) is 1. The van der Waals surface area contributed by atoms with Gasteiger partial charge in [0.1, 0.15) is 0 Å². The second-order valence-electron chi connectivity index (χ2n) is 3.52. The Labute approximate surface area is 98.0 Å². The molecule has 1 unspecified atom stereocenters. The summed E-state index contributed by atoms with van der Waals surface area (Å²) in [6, 6.07) is 3.73. The maximum Gasteiger partial charge on any atom is 0.344 e. The number of carboxylic acid groups (broad SMARTS) is 1. The summed E-state index contributed by atoms with van der Waals surface area (Å²) < 4.78 is 18.4. The SMILES string of the molecule is CCC(=O)c1ccc(OC(C)C(=O)O)c(F)c1. The van der Waals surface area contributed by atoms with Crippen molar-refractivity contribution in [3.05, 3.63) is 29.6 Å². The van der Waals surface area contributed by atoms with Gasteiger partial charge in [-0.05, 0) is 25.1 Å². The summed E-state index contributed by atoms with van der Waals surface area (Å²) in [6.07, 6.45) is -0.859.